The second-order valence-corrected chi connectivity index (χ2v) is 4.27. The summed E-state index contributed by atoms with van der Waals surface area (Å²) in [6.45, 7) is 1.44. The zero-order valence-electron chi connectivity index (χ0n) is 8.04. The first-order chi connectivity index (χ1) is 5.68. The summed E-state index contributed by atoms with van der Waals surface area (Å²) in [6.07, 6.45) is 4.32. The topological polar surface area (TPSA) is 44.5 Å². The molecule has 1 saturated carbocycles. The zero-order valence-corrected chi connectivity index (χ0v) is 8.86. The van der Waals surface area contributed by atoms with E-state index in [1.54, 1.807) is 7.11 Å². The molecule has 2 N–H and O–H groups in total. The molecule has 2 saturated heterocycles. The fourth-order valence-corrected chi connectivity index (χ4v) is 2.24. The summed E-state index contributed by atoms with van der Waals surface area (Å²) in [6, 6.07) is 0. The van der Waals surface area contributed by atoms with Gasteiger partial charge < -0.3 is 15.2 Å². The first kappa shape index (κ1) is 11.2. The van der Waals surface area contributed by atoms with E-state index in [-0.39, 0.29) is 23.5 Å². The molecule has 3 nitrogen and oxygen atoms in total. The molecule has 0 aromatic heterocycles. The first-order valence-corrected chi connectivity index (χ1v) is 4.60. The summed E-state index contributed by atoms with van der Waals surface area (Å²) in [7, 11) is 1.73. The number of hydrogen-bond donors (Lipinski definition) is 1. The van der Waals surface area contributed by atoms with Gasteiger partial charge in [0.2, 0.25) is 0 Å². The van der Waals surface area contributed by atoms with E-state index in [4.69, 9.17) is 15.2 Å². The van der Waals surface area contributed by atoms with Gasteiger partial charge in [0, 0.05) is 12.6 Å². The highest BCUT2D eigenvalue weighted by Gasteiger charge is 2.47. The zero-order chi connectivity index (χ0) is 8.66. The van der Waals surface area contributed by atoms with E-state index < -0.39 is 0 Å². The highest BCUT2D eigenvalue weighted by atomic mass is 35.5. The van der Waals surface area contributed by atoms with Crippen LogP contribution in [0.4, 0.5) is 0 Å². The van der Waals surface area contributed by atoms with Crippen molar-refractivity contribution in [2.75, 3.05) is 20.3 Å². The van der Waals surface area contributed by atoms with Crippen LogP contribution in [0.1, 0.15) is 25.7 Å². The second kappa shape index (κ2) is 3.73. The summed E-state index contributed by atoms with van der Waals surface area (Å²) >= 11 is 0. The van der Waals surface area contributed by atoms with Crippen LogP contribution in [-0.2, 0) is 9.47 Å². The fourth-order valence-electron chi connectivity index (χ4n) is 2.24. The van der Waals surface area contributed by atoms with Gasteiger partial charge in [-0.2, -0.15) is 0 Å². The van der Waals surface area contributed by atoms with Gasteiger partial charge in [-0.3, -0.25) is 0 Å². The molecule has 3 rings (SSSR count). The van der Waals surface area contributed by atoms with Crippen molar-refractivity contribution in [1.29, 1.82) is 0 Å². The van der Waals surface area contributed by atoms with Gasteiger partial charge >= 0.3 is 0 Å². The van der Waals surface area contributed by atoms with Crippen LogP contribution < -0.4 is 5.73 Å². The molecule has 4 heteroatoms. The Hall–Kier alpha value is 0.170. The van der Waals surface area contributed by atoms with E-state index in [9.17, 15) is 0 Å². The van der Waals surface area contributed by atoms with Crippen LogP contribution in [0, 0.1) is 0 Å². The van der Waals surface area contributed by atoms with E-state index in [0.29, 0.717) is 0 Å². The monoisotopic (exact) mass is 207 g/mol. The summed E-state index contributed by atoms with van der Waals surface area (Å²) < 4.78 is 10.9. The maximum atomic E-state index is 6.09. The molecule has 0 radical (unpaired) electrons. The normalized spacial score (nSPS) is 42.9. The molecule has 2 aliphatic heterocycles. The van der Waals surface area contributed by atoms with Crippen molar-refractivity contribution in [2.45, 2.75) is 36.8 Å². The number of hydrogen-bond acceptors (Lipinski definition) is 3. The number of methoxy groups -OCH3 is 1. The van der Waals surface area contributed by atoms with Crippen LogP contribution in [-0.4, -0.2) is 31.5 Å². The molecule has 0 aromatic rings. The molecule has 0 atom stereocenters. The molecule has 78 valence electrons. The van der Waals surface area contributed by atoms with Crippen molar-refractivity contribution in [3.8, 4) is 0 Å². The highest BCUT2D eigenvalue weighted by Crippen LogP contribution is 2.42. The number of rotatable bonds is 2. The van der Waals surface area contributed by atoms with Crippen molar-refractivity contribution in [3.63, 3.8) is 0 Å². The molecule has 0 spiro atoms. The summed E-state index contributed by atoms with van der Waals surface area (Å²) in [5, 5.41) is 0. The average Bonchev–Trinajstić information content (AvgIpc) is 2.08. The minimum atomic E-state index is -0.0184. The molecule has 2 heterocycles. The maximum Gasteiger partial charge on any atom is 0.0917 e. The van der Waals surface area contributed by atoms with Crippen LogP contribution >= 0.6 is 12.4 Å². The molecule has 0 unspecified atom stereocenters. The maximum absolute atomic E-state index is 6.09. The lowest BCUT2D eigenvalue weighted by atomic mass is 9.72. The van der Waals surface area contributed by atoms with Gasteiger partial charge in [0.05, 0.1) is 18.8 Å². The molecule has 0 aromatic carbocycles. The van der Waals surface area contributed by atoms with Gasteiger partial charge in [-0.05, 0) is 25.7 Å². The quantitative estimate of drug-likeness (QED) is 0.738. The number of ether oxygens (including phenoxy) is 2. The number of nitrogens with two attached hydrogens (primary N) is 1. The van der Waals surface area contributed by atoms with Crippen molar-refractivity contribution < 1.29 is 9.47 Å². The molecule has 2 bridgehead atoms. The minimum Gasteiger partial charge on any atom is -0.382 e. The van der Waals surface area contributed by atoms with Gasteiger partial charge in [-0.25, -0.2) is 0 Å². The Balaban J connectivity index is 0.000000845. The second-order valence-electron chi connectivity index (χ2n) is 4.27. The Bertz CT molecular complexity index is 162. The first-order valence-electron chi connectivity index (χ1n) is 4.60. The van der Waals surface area contributed by atoms with Gasteiger partial charge in [0.15, 0.2) is 0 Å². The minimum absolute atomic E-state index is 0. The molecule has 3 aliphatic rings. The standard InChI is InChI=1S/C9H17NO2.ClH/c1-11-7-9-4-2-8(10,3-5-9)6-12-9;/h2-7,10H2,1H3;1H. The number of fused-ring (bicyclic) bond motifs is 3. The Morgan fingerprint density at radius 1 is 1.31 bits per heavy atom. The van der Waals surface area contributed by atoms with Gasteiger partial charge in [-0.15, -0.1) is 12.4 Å². The van der Waals surface area contributed by atoms with E-state index in [2.05, 4.69) is 0 Å². The van der Waals surface area contributed by atoms with E-state index in [1.165, 1.54) is 0 Å². The van der Waals surface area contributed by atoms with Crippen LogP contribution in [0.3, 0.4) is 0 Å². The molecular weight excluding hydrogens is 190 g/mol. The Morgan fingerprint density at radius 2 is 1.92 bits per heavy atom. The average molecular weight is 208 g/mol. The molecule has 13 heavy (non-hydrogen) atoms. The summed E-state index contributed by atoms with van der Waals surface area (Å²) in [5.74, 6) is 0. The lowest BCUT2D eigenvalue weighted by Crippen LogP contribution is -2.61. The Kier molecular flexibility index (Phi) is 3.23. The summed E-state index contributed by atoms with van der Waals surface area (Å²) in [4.78, 5) is 0. The highest BCUT2D eigenvalue weighted by molar-refractivity contribution is 5.85. The van der Waals surface area contributed by atoms with Gasteiger partial charge in [-0.1, -0.05) is 0 Å². The summed E-state index contributed by atoms with van der Waals surface area (Å²) in [5.41, 5.74) is 6.08. The van der Waals surface area contributed by atoms with Gasteiger partial charge in [0.1, 0.15) is 0 Å². The molecule has 0 amide bonds. The Labute approximate surface area is 85.4 Å². The SMILES string of the molecule is COCC12CCC(N)(CC1)CO2.Cl. The van der Waals surface area contributed by atoms with Crippen LogP contribution in [0.5, 0.6) is 0 Å². The fraction of sp³-hybridized carbons (Fsp3) is 1.00. The van der Waals surface area contributed by atoms with Crippen molar-refractivity contribution in [3.05, 3.63) is 0 Å². The van der Waals surface area contributed by atoms with E-state index in [1.807, 2.05) is 0 Å². The van der Waals surface area contributed by atoms with Crippen molar-refractivity contribution in [2.24, 2.45) is 5.73 Å². The van der Waals surface area contributed by atoms with Crippen LogP contribution in [0.2, 0.25) is 0 Å². The molecule has 3 fully saturated rings. The predicted octanol–water partition coefficient (Wildman–Crippen LogP) is 1.10. The van der Waals surface area contributed by atoms with E-state index in [0.717, 1.165) is 38.9 Å². The van der Waals surface area contributed by atoms with Crippen LogP contribution in [0.15, 0.2) is 0 Å². The largest absolute Gasteiger partial charge is 0.382 e. The Morgan fingerprint density at radius 3 is 2.31 bits per heavy atom. The third-order valence-electron chi connectivity index (χ3n) is 3.23. The molecule has 1 aliphatic carbocycles. The molecular formula is C9H18ClNO2. The van der Waals surface area contributed by atoms with Crippen molar-refractivity contribution >= 4 is 12.4 Å². The third-order valence-corrected chi connectivity index (χ3v) is 3.23. The number of halogens is 1. The predicted molar refractivity (Wildman–Crippen MR) is 53.2 cm³/mol. The lowest BCUT2D eigenvalue weighted by Gasteiger charge is -2.51. The smallest absolute Gasteiger partial charge is 0.0917 e. The third kappa shape index (κ3) is 1.99. The van der Waals surface area contributed by atoms with E-state index >= 15 is 0 Å². The lowest BCUT2D eigenvalue weighted by molar-refractivity contribution is -0.176. The van der Waals surface area contributed by atoms with Gasteiger partial charge in [0.25, 0.3) is 0 Å². The van der Waals surface area contributed by atoms with Crippen LogP contribution in [0.25, 0.3) is 0 Å². The van der Waals surface area contributed by atoms with Crippen molar-refractivity contribution in [1.82, 2.24) is 0 Å².